The number of nitrogens with one attached hydrogen (secondary N) is 1. The zero-order valence-electron chi connectivity index (χ0n) is 12.6. The Morgan fingerprint density at radius 3 is 2.71 bits per heavy atom. The van der Waals surface area contributed by atoms with Gasteiger partial charge in [-0.25, -0.2) is 4.79 Å². The number of carboxylic acid groups (broad SMARTS) is 1. The highest BCUT2D eigenvalue weighted by Crippen LogP contribution is 2.15. The van der Waals surface area contributed by atoms with Crippen molar-refractivity contribution in [1.29, 1.82) is 0 Å². The van der Waals surface area contributed by atoms with E-state index in [1.54, 1.807) is 0 Å². The van der Waals surface area contributed by atoms with Gasteiger partial charge >= 0.3 is 5.97 Å². The van der Waals surface area contributed by atoms with Gasteiger partial charge in [-0.2, -0.15) is 0 Å². The average molecular weight is 293 g/mol. The van der Waals surface area contributed by atoms with E-state index in [1.165, 1.54) is 6.92 Å². The number of hydrogen-bond acceptors (Lipinski definition) is 3. The first-order valence-electron chi connectivity index (χ1n) is 7.24. The summed E-state index contributed by atoms with van der Waals surface area (Å²) in [6.07, 6.45) is 3.51. The molecule has 1 aromatic carbocycles. The number of carbonyl (C=O) groups is 2. The van der Waals surface area contributed by atoms with E-state index in [4.69, 9.17) is 9.84 Å². The minimum Gasteiger partial charge on any atom is -0.494 e. The summed E-state index contributed by atoms with van der Waals surface area (Å²) in [6.45, 7) is 4.10. The molecule has 0 saturated carbocycles. The monoisotopic (exact) mass is 293 g/mol. The summed E-state index contributed by atoms with van der Waals surface area (Å²) in [7, 11) is 0. The number of amides is 1. The molecule has 0 aliphatic heterocycles. The maximum absolute atomic E-state index is 11.1. The normalized spacial score (nSPS) is 11.7. The third-order valence-corrected chi connectivity index (χ3v) is 3.03. The number of carbonyl (C=O) groups excluding carboxylic acids is 1. The van der Waals surface area contributed by atoms with Crippen LogP contribution < -0.4 is 10.1 Å². The van der Waals surface area contributed by atoms with Gasteiger partial charge in [0.2, 0.25) is 5.91 Å². The van der Waals surface area contributed by atoms with Crippen LogP contribution in [0.25, 0.3) is 0 Å². The van der Waals surface area contributed by atoms with Gasteiger partial charge in [-0.1, -0.05) is 31.9 Å². The minimum atomic E-state index is -1.04. The molecule has 0 radical (unpaired) electrons. The van der Waals surface area contributed by atoms with Crippen LogP contribution in [0.4, 0.5) is 0 Å². The fraction of sp³-hybridized carbons (Fsp3) is 0.500. The Morgan fingerprint density at radius 1 is 1.33 bits per heavy atom. The smallest absolute Gasteiger partial charge is 0.326 e. The SMILES string of the molecule is CCCCCOc1cccc(CC(NC(C)=O)C(=O)O)c1. The molecule has 0 fully saturated rings. The molecule has 1 atom stereocenters. The lowest BCUT2D eigenvalue weighted by atomic mass is 10.1. The Morgan fingerprint density at radius 2 is 2.10 bits per heavy atom. The highest BCUT2D eigenvalue weighted by Gasteiger charge is 2.18. The quantitative estimate of drug-likeness (QED) is 0.685. The van der Waals surface area contributed by atoms with E-state index in [0.717, 1.165) is 30.6 Å². The van der Waals surface area contributed by atoms with E-state index in [0.29, 0.717) is 6.61 Å². The van der Waals surface area contributed by atoms with Crippen molar-refractivity contribution in [3.8, 4) is 5.75 Å². The molecule has 0 spiro atoms. The fourth-order valence-electron chi connectivity index (χ4n) is 1.99. The lowest BCUT2D eigenvalue weighted by Crippen LogP contribution is -2.41. The molecule has 21 heavy (non-hydrogen) atoms. The third-order valence-electron chi connectivity index (χ3n) is 3.03. The molecule has 1 rings (SSSR count). The van der Waals surface area contributed by atoms with E-state index < -0.39 is 12.0 Å². The molecule has 5 heteroatoms. The molecule has 0 aliphatic carbocycles. The molecule has 1 amide bonds. The minimum absolute atomic E-state index is 0.237. The summed E-state index contributed by atoms with van der Waals surface area (Å²) in [5.41, 5.74) is 0.823. The highest BCUT2D eigenvalue weighted by molar-refractivity contribution is 5.82. The van der Waals surface area contributed by atoms with Crippen LogP contribution in [-0.2, 0) is 16.0 Å². The molecule has 0 saturated heterocycles. The lowest BCUT2D eigenvalue weighted by molar-refractivity contribution is -0.141. The van der Waals surface area contributed by atoms with E-state index in [9.17, 15) is 9.59 Å². The molecular formula is C16H23NO4. The second kappa shape index (κ2) is 9.00. The summed E-state index contributed by atoms with van der Waals surface area (Å²) >= 11 is 0. The van der Waals surface area contributed by atoms with Gasteiger partial charge in [0.05, 0.1) is 6.61 Å². The van der Waals surface area contributed by atoms with Crippen LogP contribution in [0.3, 0.4) is 0 Å². The topological polar surface area (TPSA) is 75.6 Å². The van der Waals surface area contributed by atoms with Gasteiger partial charge in [0, 0.05) is 13.3 Å². The molecule has 0 aliphatic rings. The summed E-state index contributed by atoms with van der Waals surface area (Å²) in [6, 6.07) is 6.42. The maximum atomic E-state index is 11.1. The summed E-state index contributed by atoms with van der Waals surface area (Å²) in [5, 5.41) is 11.5. The van der Waals surface area contributed by atoms with Crippen LogP contribution in [0.15, 0.2) is 24.3 Å². The number of carboxylic acids is 1. The Labute approximate surface area is 125 Å². The summed E-state index contributed by atoms with van der Waals surface area (Å²) in [4.78, 5) is 22.1. The average Bonchev–Trinajstić information content (AvgIpc) is 2.43. The molecule has 1 aromatic rings. The highest BCUT2D eigenvalue weighted by atomic mass is 16.5. The molecule has 0 bridgehead atoms. The predicted octanol–water partition coefficient (Wildman–Crippen LogP) is 2.39. The van der Waals surface area contributed by atoms with Crippen LogP contribution in [-0.4, -0.2) is 29.6 Å². The predicted molar refractivity (Wildman–Crippen MR) is 80.4 cm³/mol. The van der Waals surface area contributed by atoms with E-state index >= 15 is 0 Å². The van der Waals surface area contributed by atoms with Crippen LogP contribution in [0, 0.1) is 0 Å². The van der Waals surface area contributed by atoms with Gasteiger partial charge in [-0.3, -0.25) is 4.79 Å². The molecule has 5 nitrogen and oxygen atoms in total. The van der Waals surface area contributed by atoms with E-state index in [-0.39, 0.29) is 12.3 Å². The van der Waals surface area contributed by atoms with Crippen molar-refractivity contribution in [1.82, 2.24) is 5.32 Å². The van der Waals surface area contributed by atoms with Crippen molar-refractivity contribution in [2.24, 2.45) is 0 Å². The standard InChI is InChI=1S/C16H23NO4/c1-3-4-5-9-21-14-8-6-7-13(10-14)11-15(16(19)20)17-12(2)18/h6-8,10,15H,3-5,9,11H2,1-2H3,(H,17,18)(H,19,20). The van der Waals surface area contributed by atoms with E-state index in [2.05, 4.69) is 12.2 Å². The number of aliphatic carboxylic acids is 1. The summed E-state index contributed by atoms with van der Waals surface area (Å²) in [5.74, 6) is -0.663. The van der Waals surface area contributed by atoms with Gasteiger partial charge in [0.25, 0.3) is 0 Å². The van der Waals surface area contributed by atoms with Crippen molar-refractivity contribution in [3.63, 3.8) is 0 Å². The van der Waals surface area contributed by atoms with Crippen LogP contribution in [0.1, 0.15) is 38.7 Å². The Kier molecular flexibility index (Phi) is 7.29. The van der Waals surface area contributed by atoms with Crippen molar-refractivity contribution >= 4 is 11.9 Å². The van der Waals surface area contributed by atoms with Crippen molar-refractivity contribution in [2.45, 2.75) is 45.6 Å². The maximum Gasteiger partial charge on any atom is 0.326 e. The molecule has 2 N–H and O–H groups in total. The van der Waals surface area contributed by atoms with Gasteiger partial charge in [-0.15, -0.1) is 0 Å². The third kappa shape index (κ3) is 6.79. The molecule has 0 aromatic heterocycles. The van der Waals surface area contributed by atoms with Crippen LogP contribution in [0.2, 0.25) is 0 Å². The zero-order chi connectivity index (χ0) is 15.7. The molecule has 1 unspecified atom stereocenters. The second-order valence-corrected chi connectivity index (χ2v) is 5.00. The molecular weight excluding hydrogens is 270 g/mol. The lowest BCUT2D eigenvalue weighted by Gasteiger charge is -2.14. The summed E-state index contributed by atoms with van der Waals surface area (Å²) < 4.78 is 5.64. The largest absolute Gasteiger partial charge is 0.494 e. The molecule has 116 valence electrons. The second-order valence-electron chi connectivity index (χ2n) is 5.00. The van der Waals surface area contributed by atoms with Crippen molar-refractivity contribution in [3.05, 3.63) is 29.8 Å². The van der Waals surface area contributed by atoms with E-state index in [1.807, 2.05) is 24.3 Å². The van der Waals surface area contributed by atoms with Gasteiger partial charge in [0.15, 0.2) is 0 Å². The first-order valence-corrected chi connectivity index (χ1v) is 7.24. The number of unbranched alkanes of at least 4 members (excludes halogenated alkanes) is 2. The Bertz CT molecular complexity index is 473. The zero-order valence-corrected chi connectivity index (χ0v) is 12.6. The van der Waals surface area contributed by atoms with Crippen molar-refractivity contribution < 1.29 is 19.4 Å². The first kappa shape index (κ1) is 17.0. The van der Waals surface area contributed by atoms with Gasteiger partial charge < -0.3 is 15.2 Å². The first-order chi connectivity index (χ1) is 10.0. The number of hydrogen-bond donors (Lipinski definition) is 2. The number of rotatable bonds is 9. The fourth-order valence-corrected chi connectivity index (χ4v) is 1.99. The van der Waals surface area contributed by atoms with Gasteiger partial charge in [0.1, 0.15) is 11.8 Å². The van der Waals surface area contributed by atoms with Crippen LogP contribution in [0.5, 0.6) is 5.75 Å². The number of benzene rings is 1. The number of ether oxygens (including phenoxy) is 1. The van der Waals surface area contributed by atoms with Crippen molar-refractivity contribution in [2.75, 3.05) is 6.61 Å². The van der Waals surface area contributed by atoms with Crippen LogP contribution >= 0.6 is 0 Å². The Hall–Kier alpha value is -2.04. The Balaban J connectivity index is 2.61. The molecule has 0 heterocycles. The van der Waals surface area contributed by atoms with Gasteiger partial charge in [-0.05, 0) is 24.1 Å².